The van der Waals surface area contributed by atoms with Crippen molar-refractivity contribution in [2.24, 2.45) is 0 Å². The minimum absolute atomic E-state index is 0.167. The summed E-state index contributed by atoms with van der Waals surface area (Å²) in [7, 11) is 0. The van der Waals surface area contributed by atoms with Crippen LogP contribution in [0.25, 0.3) is 11.0 Å². The zero-order valence-electron chi connectivity index (χ0n) is 11.5. The van der Waals surface area contributed by atoms with E-state index in [4.69, 9.17) is 9.47 Å². The Hall–Kier alpha value is -1.24. The predicted molar refractivity (Wildman–Crippen MR) is 80.7 cm³/mol. The Labute approximate surface area is 125 Å². The van der Waals surface area contributed by atoms with Gasteiger partial charge in [-0.05, 0) is 32.0 Å². The number of benzene rings is 1. The highest BCUT2D eigenvalue weighted by molar-refractivity contribution is 9.10. The molecule has 0 fully saturated rings. The second kappa shape index (κ2) is 6.97. The molecule has 0 aliphatic rings. The minimum Gasteiger partial charge on any atom is -0.351 e. The molecule has 0 amide bonds. The summed E-state index contributed by atoms with van der Waals surface area (Å²) in [5, 5.41) is 0. The van der Waals surface area contributed by atoms with Crippen molar-refractivity contribution in [2.75, 3.05) is 13.2 Å². The van der Waals surface area contributed by atoms with E-state index in [1.54, 1.807) is 4.57 Å². The Balaban J connectivity index is 2.43. The maximum absolute atomic E-state index is 12.1. The molecule has 0 aliphatic heterocycles. The molecule has 20 heavy (non-hydrogen) atoms. The first-order valence-corrected chi connectivity index (χ1v) is 7.33. The van der Waals surface area contributed by atoms with Crippen molar-refractivity contribution in [1.82, 2.24) is 9.55 Å². The molecule has 0 bridgehead atoms. The van der Waals surface area contributed by atoms with Crippen LogP contribution in [-0.4, -0.2) is 29.1 Å². The number of fused-ring (bicyclic) bond motifs is 1. The first-order valence-electron chi connectivity index (χ1n) is 6.54. The van der Waals surface area contributed by atoms with E-state index >= 15 is 0 Å². The van der Waals surface area contributed by atoms with Crippen molar-refractivity contribution < 1.29 is 9.47 Å². The van der Waals surface area contributed by atoms with Crippen LogP contribution in [0.1, 0.15) is 13.8 Å². The van der Waals surface area contributed by atoms with Crippen molar-refractivity contribution >= 4 is 27.0 Å². The topological polar surface area (TPSA) is 53.4 Å². The number of hydrogen-bond acceptors (Lipinski definition) is 4. The highest BCUT2D eigenvalue weighted by Crippen LogP contribution is 2.17. The molecule has 1 aromatic carbocycles. The lowest BCUT2D eigenvalue weighted by atomic mass is 10.3. The SMILES string of the molecule is CCOC(Cn1c(=O)cnc2ccc(Br)cc21)OCC. The lowest BCUT2D eigenvalue weighted by molar-refractivity contribution is -0.143. The van der Waals surface area contributed by atoms with E-state index in [1.807, 2.05) is 32.0 Å². The summed E-state index contributed by atoms with van der Waals surface area (Å²) in [6.07, 6.45) is 0.887. The van der Waals surface area contributed by atoms with Gasteiger partial charge < -0.3 is 14.0 Å². The van der Waals surface area contributed by atoms with Crippen LogP contribution in [-0.2, 0) is 16.0 Å². The molecule has 0 N–H and O–H groups in total. The monoisotopic (exact) mass is 340 g/mol. The molecule has 0 saturated heterocycles. The summed E-state index contributed by atoms with van der Waals surface area (Å²) in [6, 6.07) is 5.64. The number of ether oxygens (including phenoxy) is 2. The zero-order valence-corrected chi connectivity index (χ0v) is 13.1. The summed E-state index contributed by atoms with van der Waals surface area (Å²) in [4.78, 5) is 16.2. The third kappa shape index (κ3) is 3.45. The molecular formula is C14H17BrN2O3. The molecule has 0 aliphatic carbocycles. The van der Waals surface area contributed by atoms with Crippen molar-refractivity contribution in [3.8, 4) is 0 Å². The Morgan fingerprint density at radius 1 is 1.30 bits per heavy atom. The van der Waals surface area contributed by atoms with Gasteiger partial charge >= 0.3 is 0 Å². The molecule has 0 unspecified atom stereocenters. The molecule has 0 radical (unpaired) electrons. The van der Waals surface area contributed by atoms with Gasteiger partial charge in [0, 0.05) is 17.7 Å². The lowest BCUT2D eigenvalue weighted by Gasteiger charge is -2.19. The fourth-order valence-corrected chi connectivity index (χ4v) is 2.35. The van der Waals surface area contributed by atoms with E-state index in [9.17, 15) is 4.79 Å². The maximum Gasteiger partial charge on any atom is 0.269 e. The van der Waals surface area contributed by atoms with Gasteiger partial charge in [-0.3, -0.25) is 4.79 Å². The summed E-state index contributed by atoms with van der Waals surface area (Å²) in [5.41, 5.74) is 1.36. The molecule has 108 valence electrons. The summed E-state index contributed by atoms with van der Waals surface area (Å²) >= 11 is 3.41. The van der Waals surface area contributed by atoms with E-state index in [1.165, 1.54) is 6.20 Å². The normalized spacial score (nSPS) is 11.4. The van der Waals surface area contributed by atoms with Gasteiger partial charge in [-0.1, -0.05) is 15.9 Å². The Morgan fingerprint density at radius 2 is 2.00 bits per heavy atom. The summed E-state index contributed by atoms with van der Waals surface area (Å²) < 4.78 is 13.5. The highest BCUT2D eigenvalue weighted by atomic mass is 79.9. The molecule has 1 aromatic heterocycles. The van der Waals surface area contributed by atoms with Gasteiger partial charge in [0.1, 0.15) is 0 Å². The van der Waals surface area contributed by atoms with Gasteiger partial charge in [-0.2, -0.15) is 0 Å². The zero-order chi connectivity index (χ0) is 14.5. The van der Waals surface area contributed by atoms with E-state index < -0.39 is 6.29 Å². The van der Waals surface area contributed by atoms with Crippen molar-refractivity contribution in [3.05, 3.63) is 39.2 Å². The Bertz CT molecular complexity index is 636. The van der Waals surface area contributed by atoms with Crippen LogP contribution < -0.4 is 5.56 Å². The molecule has 1 heterocycles. The standard InChI is InChI=1S/C14H17BrN2O3/c1-3-19-14(20-4-2)9-17-12-7-10(15)5-6-11(12)16-8-13(17)18/h5-8,14H,3-4,9H2,1-2H3. The second-order valence-corrected chi connectivity index (χ2v) is 5.10. The van der Waals surface area contributed by atoms with Crippen LogP contribution in [0.5, 0.6) is 0 Å². The molecule has 0 saturated carbocycles. The van der Waals surface area contributed by atoms with E-state index in [0.717, 1.165) is 15.5 Å². The van der Waals surface area contributed by atoms with Crippen molar-refractivity contribution in [2.45, 2.75) is 26.7 Å². The number of hydrogen-bond donors (Lipinski definition) is 0. The van der Waals surface area contributed by atoms with Gasteiger partial charge in [0.25, 0.3) is 5.56 Å². The third-order valence-electron chi connectivity index (χ3n) is 2.85. The fraction of sp³-hybridized carbons (Fsp3) is 0.429. The molecule has 5 nitrogen and oxygen atoms in total. The quantitative estimate of drug-likeness (QED) is 0.758. The van der Waals surface area contributed by atoms with Gasteiger partial charge in [-0.15, -0.1) is 0 Å². The van der Waals surface area contributed by atoms with E-state index in [-0.39, 0.29) is 5.56 Å². The van der Waals surface area contributed by atoms with E-state index in [2.05, 4.69) is 20.9 Å². The van der Waals surface area contributed by atoms with Crippen LogP contribution in [0.2, 0.25) is 0 Å². The van der Waals surface area contributed by atoms with Gasteiger partial charge in [0.2, 0.25) is 0 Å². The lowest BCUT2D eigenvalue weighted by Crippen LogP contribution is -2.30. The maximum atomic E-state index is 12.1. The van der Waals surface area contributed by atoms with Crippen LogP contribution in [0.3, 0.4) is 0 Å². The first kappa shape index (κ1) is 15.2. The van der Waals surface area contributed by atoms with Crippen molar-refractivity contribution in [1.29, 1.82) is 0 Å². The average molecular weight is 341 g/mol. The summed E-state index contributed by atoms with van der Waals surface area (Å²) in [5.74, 6) is 0. The van der Waals surface area contributed by atoms with Crippen LogP contribution in [0.15, 0.2) is 33.7 Å². The molecule has 0 atom stereocenters. The van der Waals surface area contributed by atoms with Crippen LogP contribution >= 0.6 is 15.9 Å². The number of nitrogens with zero attached hydrogens (tertiary/aromatic N) is 2. The molecule has 2 rings (SSSR count). The molecule has 2 aromatic rings. The smallest absolute Gasteiger partial charge is 0.269 e. The van der Waals surface area contributed by atoms with Gasteiger partial charge in [-0.25, -0.2) is 4.98 Å². The largest absolute Gasteiger partial charge is 0.351 e. The summed E-state index contributed by atoms with van der Waals surface area (Å²) in [6.45, 7) is 5.21. The molecule has 6 heteroatoms. The minimum atomic E-state index is -0.438. The Morgan fingerprint density at radius 3 is 2.65 bits per heavy atom. The number of aromatic nitrogens is 2. The molecular weight excluding hydrogens is 324 g/mol. The number of halogens is 1. The third-order valence-corrected chi connectivity index (χ3v) is 3.34. The average Bonchev–Trinajstić information content (AvgIpc) is 2.42. The van der Waals surface area contributed by atoms with E-state index in [0.29, 0.717) is 19.8 Å². The van der Waals surface area contributed by atoms with Crippen LogP contribution in [0.4, 0.5) is 0 Å². The predicted octanol–water partition coefficient (Wildman–Crippen LogP) is 2.56. The highest BCUT2D eigenvalue weighted by Gasteiger charge is 2.13. The molecule has 0 spiro atoms. The van der Waals surface area contributed by atoms with Crippen LogP contribution in [0, 0.1) is 0 Å². The van der Waals surface area contributed by atoms with Crippen molar-refractivity contribution in [3.63, 3.8) is 0 Å². The fourth-order valence-electron chi connectivity index (χ4n) is 2.00. The Kier molecular flexibility index (Phi) is 5.28. The number of rotatable bonds is 6. The van der Waals surface area contributed by atoms with Gasteiger partial charge in [0.15, 0.2) is 6.29 Å². The van der Waals surface area contributed by atoms with Gasteiger partial charge in [0.05, 0.1) is 23.8 Å². The first-order chi connectivity index (χ1) is 9.65. The second-order valence-electron chi connectivity index (χ2n) is 4.18.